The van der Waals surface area contributed by atoms with E-state index >= 15 is 0 Å². The second-order valence-electron chi connectivity index (χ2n) is 8.09. The third-order valence-electron chi connectivity index (χ3n) is 5.69. The van der Waals surface area contributed by atoms with Gasteiger partial charge in [-0.3, -0.25) is 14.6 Å². The lowest BCUT2D eigenvalue weighted by Gasteiger charge is -2.27. The highest BCUT2D eigenvalue weighted by Crippen LogP contribution is 2.31. The van der Waals surface area contributed by atoms with Crippen LogP contribution < -0.4 is 9.64 Å². The molecule has 1 aliphatic heterocycles. The molecule has 2 heterocycles. The van der Waals surface area contributed by atoms with Gasteiger partial charge in [-0.15, -0.1) is 11.8 Å². The number of thiazole rings is 1. The zero-order valence-corrected chi connectivity index (χ0v) is 22.6. The number of hydrogen-bond acceptors (Lipinski definition) is 7. The van der Waals surface area contributed by atoms with Gasteiger partial charge in [-0.25, -0.2) is 4.98 Å². The van der Waals surface area contributed by atoms with Gasteiger partial charge in [-0.1, -0.05) is 27.3 Å². The number of benzene rings is 2. The second kappa shape index (κ2) is 12.9. The van der Waals surface area contributed by atoms with Gasteiger partial charge in [0, 0.05) is 42.0 Å². The van der Waals surface area contributed by atoms with E-state index in [1.807, 2.05) is 29.2 Å². The molecule has 1 aliphatic rings. The molecule has 0 bridgehead atoms. The molecule has 1 amide bonds. The van der Waals surface area contributed by atoms with Crippen molar-refractivity contribution in [2.24, 2.45) is 0 Å². The van der Waals surface area contributed by atoms with Crippen LogP contribution in [0.25, 0.3) is 10.2 Å². The first-order chi connectivity index (χ1) is 16.6. The average molecular weight is 565 g/mol. The Morgan fingerprint density at radius 3 is 2.76 bits per heavy atom. The lowest BCUT2D eigenvalue weighted by atomic mass is 10.2. The molecule has 0 spiro atoms. The number of amides is 1. The highest BCUT2D eigenvalue weighted by atomic mass is 79.9. The number of aromatic nitrogens is 1. The third-order valence-corrected chi connectivity index (χ3v) is 8.33. The molecule has 2 aromatic carbocycles. The van der Waals surface area contributed by atoms with Crippen molar-refractivity contribution in [3.8, 4) is 5.75 Å². The fourth-order valence-electron chi connectivity index (χ4n) is 3.83. The van der Waals surface area contributed by atoms with Crippen LogP contribution in [0.1, 0.15) is 19.3 Å². The van der Waals surface area contributed by atoms with Crippen molar-refractivity contribution in [2.45, 2.75) is 24.2 Å². The number of carbonyl (C=O) groups excluding carboxylic acids is 1. The van der Waals surface area contributed by atoms with Gasteiger partial charge >= 0.3 is 0 Å². The van der Waals surface area contributed by atoms with E-state index in [0.29, 0.717) is 13.0 Å². The molecule has 0 radical (unpaired) electrons. The molecule has 34 heavy (non-hydrogen) atoms. The topological polar surface area (TPSA) is 54.9 Å². The summed E-state index contributed by atoms with van der Waals surface area (Å²) in [5.41, 5.74) is 0.934. The van der Waals surface area contributed by atoms with Gasteiger partial charge in [0.2, 0.25) is 5.91 Å². The fraction of sp³-hybridized carbons (Fsp3) is 0.440. The van der Waals surface area contributed by atoms with E-state index in [9.17, 15) is 4.79 Å². The minimum absolute atomic E-state index is 0.149. The maximum atomic E-state index is 13.3. The molecule has 4 rings (SSSR count). The summed E-state index contributed by atoms with van der Waals surface area (Å²) in [6, 6.07) is 14.1. The van der Waals surface area contributed by atoms with E-state index in [0.717, 1.165) is 77.0 Å². The molecule has 0 N–H and O–H groups in total. The van der Waals surface area contributed by atoms with Crippen molar-refractivity contribution >= 4 is 60.3 Å². The molecule has 0 saturated carbocycles. The van der Waals surface area contributed by atoms with Crippen molar-refractivity contribution < 1.29 is 14.3 Å². The van der Waals surface area contributed by atoms with Crippen LogP contribution in [-0.2, 0) is 9.53 Å². The highest BCUT2D eigenvalue weighted by molar-refractivity contribution is 9.10. The Morgan fingerprint density at radius 2 is 2.00 bits per heavy atom. The molecule has 1 saturated heterocycles. The smallest absolute Gasteiger partial charge is 0.228 e. The van der Waals surface area contributed by atoms with Gasteiger partial charge in [0.15, 0.2) is 5.13 Å². The molecule has 182 valence electrons. The van der Waals surface area contributed by atoms with E-state index < -0.39 is 0 Å². The van der Waals surface area contributed by atoms with Crippen LogP contribution in [-0.4, -0.2) is 68.0 Å². The van der Waals surface area contributed by atoms with Crippen LogP contribution in [0.5, 0.6) is 5.75 Å². The number of anilines is 1. The predicted octanol–water partition coefficient (Wildman–Crippen LogP) is 5.70. The van der Waals surface area contributed by atoms with Crippen molar-refractivity contribution in [2.75, 3.05) is 57.2 Å². The number of methoxy groups -OCH3 is 1. The van der Waals surface area contributed by atoms with E-state index in [1.54, 1.807) is 30.2 Å². The molecule has 0 unspecified atom stereocenters. The zero-order chi connectivity index (χ0) is 23.8. The number of fused-ring (bicyclic) bond motifs is 1. The van der Waals surface area contributed by atoms with Crippen LogP contribution in [0.15, 0.2) is 51.8 Å². The summed E-state index contributed by atoms with van der Waals surface area (Å²) in [6.07, 6.45) is 2.26. The Hall–Kier alpha value is -1.65. The average Bonchev–Trinajstić information content (AvgIpc) is 3.28. The van der Waals surface area contributed by atoms with Gasteiger partial charge < -0.3 is 9.47 Å². The van der Waals surface area contributed by atoms with Gasteiger partial charge in [0.05, 0.1) is 30.5 Å². The summed E-state index contributed by atoms with van der Waals surface area (Å²) in [5, 5.41) is 0.794. The van der Waals surface area contributed by atoms with Crippen molar-refractivity contribution in [3.63, 3.8) is 0 Å². The molecule has 0 atom stereocenters. The molecule has 3 aromatic rings. The summed E-state index contributed by atoms with van der Waals surface area (Å²) in [7, 11) is 1.67. The standard InChI is InChI=1S/C25H30BrN3O3S2/c1-31-20-6-8-21(9-7-20)33-17-2-4-24(30)29(12-3-11-28-13-15-32-16-14-28)25-27-22-10-5-19(26)18-23(22)34-25/h5-10,18H,2-4,11-17H2,1H3. The van der Waals surface area contributed by atoms with Crippen LogP contribution >= 0.6 is 39.0 Å². The fourth-order valence-corrected chi connectivity index (χ4v) is 6.24. The quantitative estimate of drug-likeness (QED) is 0.220. The lowest BCUT2D eigenvalue weighted by molar-refractivity contribution is -0.118. The maximum Gasteiger partial charge on any atom is 0.228 e. The first-order valence-corrected chi connectivity index (χ1v) is 14.2. The number of ether oxygens (including phenoxy) is 2. The van der Waals surface area contributed by atoms with Crippen LogP contribution in [0, 0.1) is 0 Å². The minimum atomic E-state index is 0.149. The summed E-state index contributed by atoms with van der Waals surface area (Å²) >= 11 is 6.89. The van der Waals surface area contributed by atoms with E-state index in [1.165, 1.54) is 4.90 Å². The molecule has 0 aliphatic carbocycles. The Labute approximate surface area is 217 Å². The summed E-state index contributed by atoms with van der Waals surface area (Å²) < 4.78 is 12.8. The van der Waals surface area contributed by atoms with E-state index in [4.69, 9.17) is 14.5 Å². The Balaban J connectivity index is 1.35. The Morgan fingerprint density at radius 1 is 1.21 bits per heavy atom. The number of carbonyl (C=O) groups is 1. The molecule has 9 heteroatoms. The first-order valence-electron chi connectivity index (χ1n) is 11.6. The van der Waals surface area contributed by atoms with Crippen molar-refractivity contribution in [1.29, 1.82) is 0 Å². The van der Waals surface area contributed by atoms with Crippen molar-refractivity contribution in [1.82, 2.24) is 9.88 Å². The SMILES string of the molecule is COc1ccc(SCCCC(=O)N(CCCN2CCOCC2)c2nc3ccc(Br)cc3s2)cc1. The zero-order valence-electron chi connectivity index (χ0n) is 19.4. The minimum Gasteiger partial charge on any atom is -0.497 e. The number of morpholine rings is 1. The van der Waals surface area contributed by atoms with Gasteiger partial charge in [0.25, 0.3) is 0 Å². The van der Waals surface area contributed by atoms with E-state index in [-0.39, 0.29) is 5.91 Å². The maximum absolute atomic E-state index is 13.3. The summed E-state index contributed by atoms with van der Waals surface area (Å²) in [5.74, 6) is 1.90. The predicted molar refractivity (Wildman–Crippen MR) is 145 cm³/mol. The molecule has 1 fully saturated rings. The molecule has 6 nitrogen and oxygen atoms in total. The number of halogens is 1. The number of hydrogen-bond donors (Lipinski definition) is 0. The number of nitrogens with zero attached hydrogens (tertiary/aromatic N) is 3. The highest BCUT2D eigenvalue weighted by Gasteiger charge is 2.20. The number of thioether (sulfide) groups is 1. The summed E-state index contributed by atoms with van der Waals surface area (Å²) in [6.45, 7) is 5.17. The number of rotatable bonds is 11. The lowest BCUT2D eigenvalue weighted by Crippen LogP contribution is -2.39. The van der Waals surface area contributed by atoms with Crippen LogP contribution in [0.4, 0.5) is 5.13 Å². The molecule has 1 aromatic heterocycles. The second-order valence-corrected chi connectivity index (χ2v) is 11.2. The normalized spacial score (nSPS) is 14.4. The monoisotopic (exact) mass is 563 g/mol. The first kappa shape index (κ1) is 25.4. The third kappa shape index (κ3) is 7.18. The van der Waals surface area contributed by atoms with Gasteiger partial charge in [-0.2, -0.15) is 0 Å². The molecular formula is C25H30BrN3O3S2. The van der Waals surface area contributed by atoms with E-state index in [2.05, 4.69) is 39.0 Å². The van der Waals surface area contributed by atoms with Gasteiger partial charge in [-0.05, 0) is 61.1 Å². The van der Waals surface area contributed by atoms with Gasteiger partial charge in [0.1, 0.15) is 5.75 Å². The van der Waals surface area contributed by atoms with Crippen LogP contribution in [0.3, 0.4) is 0 Å². The molecular weight excluding hydrogens is 534 g/mol. The Kier molecular flexibility index (Phi) is 9.64. The van der Waals surface area contributed by atoms with Crippen LogP contribution in [0.2, 0.25) is 0 Å². The summed E-state index contributed by atoms with van der Waals surface area (Å²) in [4.78, 5) is 23.6. The Bertz CT molecular complexity index is 1070. The van der Waals surface area contributed by atoms with Crippen molar-refractivity contribution in [3.05, 3.63) is 46.9 Å². The largest absolute Gasteiger partial charge is 0.497 e.